The molecule has 7 heteroatoms. The van der Waals surface area contributed by atoms with Crippen LogP contribution in [-0.4, -0.2) is 65.0 Å². The van der Waals surface area contributed by atoms with E-state index in [9.17, 15) is 4.79 Å². The minimum Gasteiger partial charge on any atom is -0.493 e. The largest absolute Gasteiger partial charge is 0.493 e. The smallest absolute Gasteiger partial charge is 0.225 e. The second kappa shape index (κ2) is 11.0. The Balaban J connectivity index is 1.77. The number of carbonyl (C=O) groups excluding carboxylic acids is 1. The lowest BCUT2D eigenvalue weighted by molar-refractivity contribution is -0.121. The van der Waals surface area contributed by atoms with Gasteiger partial charge in [-0.15, -0.1) is 0 Å². The zero-order chi connectivity index (χ0) is 22.2. The Hall–Kier alpha value is -2.77. The number of nitrogens with zero attached hydrogens (tertiary/aromatic N) is 1. The lowest BCUT2D eigenvalue weighted by Crippen LogP contribution is -2.43. The van der Waals surface area contributed by atoms with Gasteiger partial charge in [-0.05, 0) is 18.6 Å². The van der Waals surface area contributed by atoms with Crippen molar-refractivity contribution in [2.24, 2.45) is 0 Å². The lowest BCUT2D eigenvalue weighted by Gasteiger charge is -2.31. The molecular formula is C24H32N2O5. The van der Waals surface area contributed by atoms with Gasteiger partial charge in [-0.2, -0.15) is 0 Å². The number of hydrogen-bond acceptors (Lipinski definition) is 6. The van der Waals surface area contributed by atoms with Crippen molar-refractivity contribution in [1.82, 2.24) is 10.2 Å². The fourth-order valence-corrected chi connectivity index (χ4v) is 3.80. The molecule has 0 aliphatic carbocycles. The van der Waals surface area contributed by atoms with Crippen molar-refractivity contribution in [2.45, 2.75) is 19.4 Å². The number of hydrogen-bond donors (Lipinski definition) is 1. The summed E-state index contributed by atoms with van der Waals surface area (Å²) in [4.78, 5) is 15.4. The average Bonchev–Trinajstić information content (AvgIpc) is 2.79. The summed E-state index contributed by atoms with van der Waals surface area (Å²) < 4.78 is 21.8. The molecule has 1 amide bonds. The maximum absolute atomic E-state index is 13.0. The topological polar surface area (TPSA) is 69.3 Å². The van der Waals surface area contributed by atoms with E-state index in [0.29, 0.717) is 17.2 Å². The molecule has 3 rings (SSSR count). The van der Waals surface area contributed by atoms with E-state index in [1.54, 1.807) is 27.4 Å². The minimum absolute atomic E-state index is 0.0793. The number of aryl methyl sites for hydroxylation is 1. The van der Waals surface area contributed by atoms with E-state index in [1.165, 1.54) is 5.56 Å². The van der Waals surface area contributed by atoms with Crippen LogP contribution in [0.3, 0.4) is 0 Å². The Kier molecular flexibility index (Phi) is 8.14. The van der Waals surface area contributed by atoms with Gasteiger partial charge >= 0.3 is 0 Å². The minimum atomic E-state index is -0.114. The van der Waals surface area contributed by atoms with Crippen LogP contribution >= 0.6 is 0 Å². The van der Waals surface area contributed by atoms with E-state index in [0.717, 1.165) is 44.0 Å². The molecule has 0 spiro atoms. The Morgan fingerprint density at radius 1 is 1.00 bits per heavy atom. The zero-order valence-corrected chi connectivity index (χ0v) is 18.8. The summed E-state index contributed by atoms with van der Waals surface area (Å²) >= 11 is 0. The van der Waals surface area contributed by atoms with Gasteiger partial charge in [-0.25, -0.2) is 0 Å². The van der Waals surface area contributed by atoms with E-state index in [4.69, 9.17) is 18.9 Å². The van der Waals surface area contributed by atoms with Gasteiger partial charge in [0.2, 0.25) is 11.7 Å². The monoisotopic (exact) mass is 428 g/mol. The van der Waals surface area contributed by atoms with Crippen LogP contribution in [0.5, 0.6) is 17.2 Å². The van der Waals surface area contributed by atoms with Crippen LogP contribution in [-0.2, 0) is 16.0 Å². The summed E-state index contributed by atoms with van der Waals surface area (Å²) in [6, 6.07) is 11.8. The van der Waals surface area contributed by atoms with E-state index in [2.05, 4.69) is 41.4 Å². The maximum atomic E-state index is 13.0. The molecule has 1 atom stereocenters. The van der Waals surface area contributed by atoms with Crippen LogP contribution in [0, 0.1) is 6.92 Å². The molecule has 1 aliphatic rings. The molecule has 31 heavy (non-hydrogen) atoms. The molecule has 0 unspecified atom stereocenters. The SMILES string of the molecule is COc1ccc(CC(=O)N[C@@H](CN2CCOCC2)c2ccc(C)cc2)c(OC)c1OC. The first-order valence-electron chi connectivity index (χ1n) is 10.5. The second-order valence-electron chi connectivity index (χ2n) is 7.61. The second-order valence-corrected chi connectivity index (χ2v) is 7.61. The highest BCUT2D eigenvalue weighted by Gasteiger charge is 2.22. The Morgan fingerprint density at radius 2 is 1.68 bits per heavy atom. The van der Waals surface area contributed by atoms with Crippen molar-refractivity contribution in [1.29, 1.82) is 0 Å². The molecule has 0 bridgehead atoms. The van der Waals surface area contributed by atoms with Gasteiger partial charge in [0.1, 0.15) is 0 Å². The van der Waals surface area contributed by atoms with E-state index in [-0.39, 0.29) is 18.4 Å². The summed E-state index contributed by atoms with van der Waals surface area (Å²) in [5.41, 5.74) is 3.02. The fraction of sp³-hybridized carbons (Fsp3) is 0.458. The Labute approximate surface area is 184 Å². The molecular weight excluding hydrogens is 396 g/mol. The highest BCUT2D eigenvalue weighted by atomic mass is 16.5. The molecule has 0 radical (unpaired) electrons. The van der Waals surface area contributed by atoms with Gasteiger partial charge < -0.3 is 24.3 Å². The third kappa shape index (κ3) is 5.89. The van der Waals surface area contributed by atoms with Crippen molar-refractivity contribution < 1.29 is 23.7 Å². The standard InChI is InChI=1S/C24H32N2O5/c1-17-5-7-18(8-6-17)20(16-26-11-13-31-14-12-26)25-22(27)15-19-9-10-21(28-2)24(30-4)23(19)29-3/h5-10,20H,11-16H2,1-4H3,(H,25,27)/t20-/m0/s1. The molecule has 1 heterocycles. The van der Waals surface area contributed by atoms with Crippen LogP contribution in [0.1, 0.15) is 22.7 Å². The quantitative estimate of drug-likeness (QED) is 0.662. The van der Waals surface area contributed by atoms with Gasteiger partial charge in [0.25, 0.3) is 0 Å². The molecule has 1 saturated heterocycles. The maximum Gasteiger partial charge on any atom is 0.225 e. The van der Waals surface area contributed by atoms with Gasteiger partial charge in [0.15, 0.2) is 11.5 Å². The zero-order valence-electron chi connectivity index (χ0n) is 18.8. The summed E-state index contributed by atoms with van der Waals surface area (Å²) in [6.45, 7) is 5.96. The molecule has 1 fully saturated rings. The molecule has 1 N–H and O–H groups in total. The van der Waals surface area contributed by atoms with E-state index in [1.807, 2.05) is 6.07 Å². The number of rotatable bonds is 9. The summed E-state index contributed by atoms with van der Waals surface area (Å²) in [6.07, 6.45) is 0.176. The Morgan fingerprint density at radius 3 is 2.29 bits per heavy atom. The van der Waals surface area contributed by atoms with Crippen LogP contribution < -0.4 is 19.5 Å². The van der Waals surface area contributed by atoms with Crippen molar-refractivity contribution in [2.75, 3.05) is 54.2 Å². The van der Waals surface area contributed by atoms with E-state index < -0.39 is 0 Å². The number of carbonyl (C=O) groups is 1. The predicted molar refractivity (Wildman–Crippen MR) is 119 cm³/mol. The third-order valence-corrected chi connectivity index (χ3v) is 5.50. The predicted octanol–water partition coefficient (Wildman–Crippen LogP) is 2.75. The fourth-order valence-electron chi connectivity index (χ4n) is 3.80. The molecule has 0 saturated carbocycles. The normalized spacial score (nSPS) is 15.2. The average molecular weight is 429 g/mol. The van der Waals surface area contributed by atoms with Gasteiger partial charge in [0, 0.05) is 25.2 Å². The third-order valence-electron chi connectivity index (χ3n) is 5.50. The van der Waals surface area contributed by atoms with Gasteiger partial charge in [-0.3, -0.25) is 9.69 Å². The summed E-state index contributed by atoms with van der Waals surface area (Å²) in [7, 11) is 4.69. The number of nitrogens with one attached hydrogen (secondary N) is 1. The number of ether oxygens (including phenoxy) is 4. The van der Waals surface area contributed by atoms with Crippen LogP contribution in [0.4, 0.5) is 0 Å². The summed E-state index contributed by atoms with van der Waals surface area (Å²) in [5, 5.41) is 3.22. The first-order chi connectivity index (χ1) is 15.0. The highest BCUT2D eigenvalue weighted by molar-refractivity contribution is 5.80. The molecule has 0 aromatic heterocycles. The first-order valence-corrected chi connectivity index (χ1v) is 10.5. The number of methoxy groups -OCH3 is 3. The number of amides is 1. The Bertz CT molecular complexity index is 863. The van der Waals surface area contributed by atoms with Crippen LogP contribution in [0.15, 0.2) is 36.4 Å². The van der Waals surface area contributed by atoms with Crippen molar-refractivity contribution in [3.63, 3.8) is 0 Å². The number of morpholine rings is 1. The molecule has 7 nitrogen and oxygen atoms in total. The van der Waals surface area contributed by atoms with Crippen molar-refractivity contribution >= 4 is 5.91 Å². The highest BCUT2D eigenvalue weighted by Crippen LogP contribution is 2.39. The molecule has 168 valence electrons. The molecule has 2 aromatic rings. The van der Waals surface area contributed by atoms with Crippen LogP contribution in [0.25, 0.3) is 0 Å². The number of benzene rings is 2. The molecule has 1 aliphatic heterocycles. The first kappa shape index (κ1) is 22.9. The van der Waals surface area contributed by atoms with Gasteiger partial charge in [-0.1, -0.05) is 35.9 Å². The van der Waals surface area contributed by atoms with Gasteiger partial charge in [0.05, 0.1) is 47.0 Å². The van der Waals surface area contributed by atoms with E-state index >= 15 is 0 Å². The molecule has 2 aromatic carbocycles. The van der Waals surface area contributed by atoms with Crippen molar-refractivity contribution in [3.8, 4) is 17.2 Å². The van der Waals surface area contributed by atoms with Crippen molar-refractivity contribution in [3.05, 3.63) is 53.1 Å². The van der Waals surface area contributed by atoms with Crippen LogP contribution in [0.2, 0.25) is 0 Å². The lowest BCUT2D eigenvalue weighted by atomic mass is 10.0. The summed E-state index contributed by atoms with van der Waals surface area (Å²) in [5.74, 6) is 1.48.